The van der Waals surface area contributed by atoms with E-state index in [0.717, 1.165) is 25.2 Å². The lowest BCUT2D eigenvalue weighted by molar-refractivity contribution is -0.132. The van der Waals surface area contributed by atoms with Gasteiger partial charge in [0.15, 0.2) is 0 Å². The third-order valence-corrected chi connectivity index (χ3v) is 5.61. The van der Waals surface area contributed by atoms with Gasteiger partial charge >= 0.3 is 0 Å². The first-order valence-electron chi connectivity index (χ1n) is 9.97. The van der Waals surface area contributed by atoms with Crippen LogP contribution in [0.25, 0.3) is 16.8 Å². The summed E-state index contributed by atoms with van der Waals surface area (Å²) in [5, 5.41) is 9.63. The molecule has 1 amide bonds. The Morgan fingerprint density at radius 2 is 2.27 bits per heavy atom. The van der Waals surface area contributed by atoms with E-state index in [1.807, 2.05) is 22.4 Å². The highest BCUT2D eigenvalue weighted by molar-refractivity contribution is 5.89. The van der Waals surface area contributed by atoms with Crippen LogP contribution in [-0.4, -0.2) is 44.6 Å². The molecule has 1 aromatic carbocycles. The number of carbonyl (C=O) groups is 2. The average Bonchev–Trinajstić information content (AvgIpc) is 3.19. The zero-order valence-electron chi connectivity index (χ0n) is 16.7. The predicted octanol–water partition coefficient (Wildman–Crippen LogP) is 2.78. The number of carbonyl (C=O) groups excluding carboxylic acids is 2. The molecule has 2 aromatic heterocycles. The largest absolute Gasteiger partial charge is 0.382 e. The molecule has 0 saturated carbocycles. The smallest absolute Gasteiger partial charge is 0.222 e. The minimum absolute atomic E-state index is 0.0529. The van der Waals surface area contributed by atoms with Gasteiger partial charge in [0.1, 0.15) is 29.1 Å². The van der Waals surface area contributed by atoms with Crippen molar-refractivity contribution >= 4 is 23.5 Å². The van der Waals surface area contributed by atoms with Crippen LogP contribution in [0.5, 0.6) is 0 Å². The lowest BCUT2D eigenvalue weighted by Crippen LogP contribution is -2.39. The van der Waals surface area contributed by atoms with Crippen molar-refractivity contribution in [2.45, 2.75) is 32.1 Å². The summed E-state index contributed by atoms with van der Waals surface area (Å²) in [5.74, 6) is 1.30. The molecule has 1 fully saturated rings. The van der Waals surface area contributed by atoms with Crippen molar-refractivity contribution in [1.82, 2.24) is 19.3 Å². The number of aromatic nitrogens is 3. The van der Waals surface area contributed by atoms with E-state index >= 15 is 0 Å². The Bertz CT molecular complexity index is 1180. The Labute approximate surface area is 174 Å². The van der Waals surface area contributed by atoms with Crippen molar-refractivity contribution in [3.8, 4) is 17.3 Å². The van der Waals surface area contributed by atoms with Crippen molar-refractivity contribution in [3.63, 3.8) is 0 Å². The number of anilines is 1. The minimum Gasteiger partial charge on any atom is -0.382 e. The molecule has 4 rings (SSSR count). The van der Waals surface area contributed by atoms with Crippen LogP contribution >= 0.6 is 0 Å². The van der Waals surface area contributed by atoms with Crippen LogP contribution in [0.4, 0.5) is 5.82 Å². The number of nitrogens with two attached hydrogens (primary N) is 1. The zero-order chi connectivity index (χ0) is 21.3. The molecule has 1 atom stereocenters. The van der Waals surface area contributed by atoms with Crippen molar-refractivity contribution < 1.29 is 9.59 Å². The van der Waals surface area contributed by atoms with Gasteiger partial charge in [0, 0.05) is 48.9 Å². The SMILES string of the molecule is CCC(=O)N1CCCC(c2nc(-c3ccc(C=O)cc3C#N)c3c(N)nccn23)C1. The fraction of sp³-hybridized carbons (Fsp3) is 0.318. The molecule has 0 radical (unpaired) electrons. The van der Waals surface area contributed by atoms with Crippen LogP contribution in [0.2, 0.25) is 0 Å². The number of nitrogens with zero attached hydrogens (tertiary/aromatic N) is 5. The van der Waals surface area contributed by atoms with Gasteiger partial charge in [0.2, 0.25) is 5.91 Å². The normalized spacial score (nSPS) is 16.4. The first kappa shape index (κ1) is 19.6. The highest BCUT2D eigenvalue weighted by atomic mass is 16.2. The second kappa shape index (κ2) is 7.95. The van der Waals surface area contributed by atoms with Gasteiger partial charge in [0.25, 0.3) is 0 Å². The summed E-state index contributed by atoms with van der Waals surface area (Å²) in [4.78, 5) is 34.3. The molecule has 1 saturated heterocycles. The third kappa shape index (κ3) is 3.28. The number of rotatable bonds is 4. The molecule has 0 spiro atoms. The molecule has 1 aliphatic heterocycles. The lowest BCUT2D eigenvalue weighted by Gasteiger charge is -2.32. The summed E-state index contributed by atoms with van der Waals surface area (Å²) in [6.07, 6.45) is 6.42. The van der Waals surface area contributed by atoms with Gasteiger partial charge in [-0.15, -0.1) is 0 Å². The Morgan fingerprint density at radius 3 is 3.00 bits per heavy atom. The van der Waals surface area contributed by atoms with E-state index < -0.39 is 0 Å². The van der Waals surface area contributed by atoms with Gasteiger partial charge in [0.05, 0.1) is 11.6 Å². The number of piperidine rings is 1. The zero-order valence-corrected chi connectivity index (χ0v) is 16.7. The standard InChI is InChI=1S/C22H22N6O2/c1-2-18(30)27-8-3-4-15(12-27)22-26-19(20-21(24)25-7-9-28(20)22)17-6-5-14(13-29)10-16(17)11-23/h5-7,9-10,13,15H,2-4,8,12H2,1H3,(H2,24,25). The molecule has 152 valence electrons. The van der Waals surface area contributed by atoms with Crippen LogP contribution in [0, 0.1) is 11.3 Å². The Balaban J connectivity index is 1.87. The van der Waals surface area contributed by atoms with Gasteiger partial charge in [-0.3, -0.25) is 14.0 Å². The highest BCUT2D eigenvalue weighted by Gasteiger charge is 2.29. The van der Waals surface area contributed by atoms with Crippen LogP contribution in [0.15, 0.2) is 30.6 Å². The monoisotopic (exact) mass is 402 g/mol. The van der Waals surface area contributed by atoms with Crippen molar-refractivity contribution in [2.75, 3.05) is 18.8 Å². The average molecular weight is 402 g/mol. The molecular formula is C22H22N6O2. The fourth-order valence-electron chi connectivity index (χ4n) is 4.14. The number of benzene rings is 1. The number of hydrogen-bond acceptors (Lipinski definition) is 6. The van der Waals surface area contributed by atoms with Gasteiger partial charge in [-0.2, -0.15) is 5.26 Å². The molecule has 1 unspecified atom stereocenters. The van der Waals surface area contributed by atoms with Crippen molar-refractivity contribution in [2.24, 2.45) is 0 Å². The summed E-state index contributed by atoms with van der Waals surface area (Å²) in [5.41, 5.74) is 8.76. The molecule has 0 aliphatic carbocycles. The molecule has 0 bridgehead atoms. The number of imidazole rings is 1. The van der Waals surface area contributed by atoms with Gasteiger partial charge in [-0.1, -0.05) is 19.1 Å². The molecule has 8 heteroatoms. The quantitative estimate of drug-likeness (QED) is 0.671. The number of aldehydes is 1. The summed E-state index contributed by atoms with van der Waals surface area (Å²) in [7, 11) is 0. The Kier molecular flexibility index (Phi) is 5.19. The van der Waals surface area contributed by atoms with E-state index in [1.54, 1.807) is 24.4 Å². The van der Waals surface area contributed by atoms with Gasteiger partial charge in [-0.25, -0.2) is 9.97 Å². The first-order valence-corrected chi connectivity index (χ1v) is 9.97. The number of hydrogen-bond donors (Lipinski definition) is 1. The number of nitriles is 1. The molecule has 1 aliphatic rings. The first-order chi connectivity index (χ1) is 14.6. The minimum atomic E-state index is 0.0529. The van der Waals surface area contributed by atoms with E-state index in [9.17, 15) is 14.9 Å². The third-order valence-electron chi connectivity index (χ3n) is 5.61. The van der Waals surface area contributed by atoms with E-state index in [1.165, 1.54) is 0 Å². The number of fused-ring (bicyclic) bond motifs is 1. The topological polar surface area (TPSA) is 117 Å². The fourth-order valence-corrected chi connectivity index (χ4v) is 4.14. The molecule has 3 heterocycles. The number of amides is 1. The lowest BCUT2D eigenvalue weighted by atomic mass is 9.97. The van der Waals surface area contributed by atoms with Crippen LogP contribution in [0.3, 0.4) is 0 Å². The molecule has 30 heavy (non-hydrogen) atoms. The van der Waals surface area contributed by atoms with Crippen LogP contribution in [-0.2, 0) is 4.79 Å². The summed E-state index contributed by atoms with van der Waals surface area (Å²) in [6, 6.07) is 7.07. The van der Waals surface area contributed by atoms with E-state index in [0.29, 0.717) is 53.0 Å². The summed E-state index contributed by atoms with van der Waals surface area (Å²) < 4.78 is 1.91. The van der Waals surface area contributed by atoms with E-state index in [2.05, 4.69) is 11.1 Å². The molecule has 2 N–H and O–H groups in total. The number of likely N-dealkylation sites (tertiary alicyclic amines) is 1. The van der Waals surface area contributed by atoms with Crippen LogP contribution in [0.1, 0.15) is 53.8 Å². The molecule has 3 aromatic rings. The maximum absolute atomic E-state index is 12.2. The van der Waals surface area contributed by atoms with E-state index in [4.69, 9.17) is 10.7 Å². The molecular weight excluding hydrogens is 380 g/mol. The maximum atomic E-state index is 12.2. The summed E-state index contributed by atoms with van der Waals surface area (Å²) >= 11 is 0. The van der Waals surface area contributed by atoms with E-state index in [-0.39, 0.29) is 11.8 Å². The molecule has 8 nitrogen and oxygen atoms in total. The van der Waals surface area contributed by atoms with Crippen molar-refractivity contribution in [3.05, 3.63) is 47.5 Å². The maximum Gasteiger partial charge on any atom is 0.222 e. The Hall–Kier alpha value is -3.73. The second-order valence-electron chi connectivity index (χ2n) is 7.42. The van der Waals surface area contributed by atoms with Gasteiger partial charge < -0.3 is 10.6 Å². The highest BCUT2D eigenvalue weighted by Crippen LogP contribution is 2.35. The predicted molar refractivity (Wildman–Crippen MR) is 112 cm³/mol. The second-order valence-corrected chi connectivity index (χ2v) is 7.42. The van der Waals surface area contributed by atoms with Crippen LogP contribution < -0.4 is 5.73 Å². The summed E-state index contributed by atoms with van der Waals surface area (Å²) in [6.45, 7) is 3.23. The Morgan fingerprint density at radius 1 is 1.43 bits per heavy atom. The van der Waals surface area contributed by atoms with Gasteiger partial charge in [-0.05, 0) is 18.9 Å². The number of nitrogen functional groups attached to an aromatic ring is 1. The van der Waals surface area contributed by atoms with Crippen molar-refractivity contribution in [1.29, 1.82) is 5.26 Å².